The fourth-order valence-electron chi connectivity index (χ4n) is 5.19. The van der Waals surface area contributed by atoms with Crippen LogP contribution in [0.5, 0.6) is 5.75 Å². The molecule has 12 heteroatoms. The highest BCUT2D eigenvalue weighted by molar-refractivity contribution is 6.09. The molecule has 47 heavy (non-hydrogen) atoms. The molecule has 2 N–H and O–H groups in total. The molecule has 0 bridgehead atoms. The number of para-hydroxylation sites is 5. The third-order valence-electron chi connectivity index (χ3n) is 7.46. The zero-order valence-corrected chi connectivity index (χ0v) is 24.2. The number of benzene rings is 5. The summed E-state index contributed by atoms with van der Waals surface area (Å²) in [5.74, 6) is -0.377. The van der Waals surface area contributed by atoms with Crippen LogP contribution in [0.1, 0.15) is 10.4 Å². The predicted molar refractivity (Wildman–Crippen MR) is 175 cm³/mol. The Morgan fingerprint density at radius 2 is 1.57 bits per heavy atom. The molecule has 1 amide bonds. The SMILES string of the molecule is [C-]#[N+]c1cnn(-c2nc3ccccc3o2)c1N=Nc1c(O)c(-c2nc3ccccc3o2)cc2cc(C(=O)Nc3ccccc3)ccc12. The van der Waals surface area contributed by atoms with Crippen LogP contribution in [0.15, 0.2) is 128 Å². The summed E-state index contributed by atoms with van der Waals surface area (Å²) in [5.41, 5.74) is 3.69. The molecule has 0 aliphatic heterocycles. The van der Waals surface area contributed by atoms with Crippen LogP contribution in [0.3, 0.4) is 0 Å². The second-order valence-corrected chi connectivity index (χ2v) is 10.4. The molecule has 0 spiro atoms. The summed E-state index contributed by atoms with van der Waals surface area (Å²) in [5, 5.41) is 28.6. The van der Waals surface area contributed by atoms with Crippen LogP contribution < -0.4 is 5.32 Å². The monoisotopic (exact) mass is 616 g/mol. The normalized spacial score (nSPS) is 11.5. The van der Waals surface area contributed by atoms with Gasteiger partial charge in [0.05, 0.1) is 18.3 Å². The number of phenolic OH excluding ortho intramolecular Hbond substituents is 1. The molecule has 5 aromatic carbocycles. The van der Waals surface area contributed by atoms with Gasteiger partial charge in [-0.15, -0.1) is 10.2 Å². The number of aromatic hydroxyl groups is 1. The quantitative estimate of drug-likeness (QED) is 0.140. The number of rotatable bonds is 6. The van der Waals surface area contributed by atoms with Gasteiger partial charge in [0, 0.05) is 16.6 Å². The molecule has 8 rings (SSSR count). The standard InChI is InChI=1S/C35H20N8O4/c1-36-27-19-37-43(35-40-26-12-6-8-14-29(26)47-35)32(27)42-41-30-23-16-15-20(33(45)38-22-9-3-2-4-10-22)17-21(23)18-24(31(30)44)34-39-25-11-5-7-13-28(25)46-34/h2-19,44H,(H,38,45). The molecule has 0 unspecified atom stereocenters. The summed E-state index contributed by atoms with van der Waals surface area (Å²) in [6.45, 7) is 7.68. The van der Waals surface area contributed by atoms with Crippen molar-refractivity contribution < 1.29 is 18.7 Å². The van der Waals surface area contributed by atoms with Gasteiger partial charge in [0.15, 0.2) is 22.7 Å². The van der Waals surface area contributed by atoms with E-state index in [1.54, 1.807) is 60.7 Å². The minimum absolute atomic E-state index is 0.0465. The van der Waals surface area contributed by atoms with Gasteiger partial charge in [-0.05, 0) is 60.0 Å². The summed E-state index contributed by atoms with van der Waals surface area (Å²) >= 11 is 0. The van der Waals surface area contributed by atoms with Crippen LogP contribution >= 0.6 is 0 Å². The molecule has 8 aromatic rings. The van der Waals surface area contributed by atoms with Crippen LogP contribution in [0.25, 0.3) is 55.3 Å². The van der Waals surface area contributed by atoms with E-state index in [9.17, 15) is 9.90 Å². The van der Waals surface area contributed by atoms with Crippen molar-refractivity contribution in [1.82, 2.24) is 19.7 Å². The fraction of sp³-hybridized carbons (Fsp3) is 0. The van der Waals surface area contributed by atoms with Crippen molar-refractivity contribution in [1.29, 1.82) is 0 Å². The minimum atomic E-state index is -0.318. The summed E-state index contributed by atoms with van der Waals surface area (Å²) in [6, 6.07) is 30.3. The van der Waals surface area contributed by atoms with Crippen molar-refractivity contribution in [3.63, 3.8) is 0 Å². The maximum absolute atomic E-state index is 13.2. The number of fused-ring (bicyclic) bond motifs is 3. The maximum atomic E-state index is 13.2. The van der Waals surface area contributed by atoms with Crippen molar-refractivity contribution in [2.75, 3.05) is 5.32 Å². The zero-order valence-electron chi connectivity index (χ0n) is 24.2. The molecule has 0 fully saturated rings. The number of amides is 1. The smallest absolute Gasteiger partial charge is 0.324 e. The van der Waals surface area contributed by atoms with Crippen molar-refractivity contribution in [3.05, 3.63) is 126 Å². The molecule has 224 valence electrons. The Morgan fingerprint density at radius 3 is 2.32 bits per heavy atom. The van der Waals surface area contributed by atoms with Crippen molar-refractivity contribution in [2.24, 2.45) is 10.2 Å². The summed E-state index contributed by atoms with van der Waals surface area (Å²) in [4.78, 5) is 25.7. The molecular weight excluding hydrogens is 596 g/mol. The first-order valence-corrected chi connectivity index (χ1v) is 14.3. The molecule has 0 saturated heterocycles. The van der Waals surface area contributed by atoms with Gasteiger partial charge >= 0.3 is 6.01 Å². The highest BCUT2D eigenvalue weighted by Crippen LogP contribution is 2.45. The van der Waals surface area contributed by atoms with E-state index in [1.165, 1.54) is 10.9 Å². The first-order valence-electron chi connectivity index (χ1n) is 14.3. The number of oxazole rings is 2. The van der Waals surface area contributed by atoms with Gasteiger partial charge in [-0.1, -0.05) is 48.5 Å². The Morgan fingerprint density at radius 1 is 0.851 bits per heavy atom. The van der Waals surface area contributed by atoms with E-state index in [0.717, 1.165) is 0 Å². The van der Waals surface area contributed by atoms with Crippen molar-refractivity contribution >= 4 is 61.8 Å². The first-order chi connectivity index (χ1) is 23.1. The predicted octanol–water partition coefficient (Wildman–Crippen LogP) is 8.90. The second-order valence-electron chi connectivity index (χ2n) is 10.4. The molecule has 0 radical (unpaired) electrons. The van der Waals surface area contributed by atoms with E-state index in [4.69, 9.17) is 15.4 Å². The lowest BCUT2D eigenvalue weighted by Gasteiger charge is -2.11. The molecule has 12 nitrogen and oxygen atoms in total. The summed E-state index contributed by atoms with van der Waals surface area (Å²) in [7, 11) is 0. The van der Waals surface area contributed by atoms with Gasteiger partial charge in [0.25, 0.3) is 11.6 Å². The summed E-state index contributed by atoms with van der Waals surface area (Å²) < 4.78 is 13.1. The molecule has 3 heterocycles. The third-order valence-corrected chi connectivity index (χ3v) is 7.46. The number of hydrogen-bond donors (Lipinski definition) is 2. The topological polar surface area (TPSA) is 148 Å². The number of hydrogen-bond acceptors (Lipinski definition) is 9. The molecular formula is C35H20N8O4. The van der Waals surface area contributed by atoms with E-state index < -0.39 is 0 Å². The van der Waals surface area contributed by atoms with Crippen molar-refractivity contribution in [3.8, 4) is 23.2 Å². The molecule has 3 aromatic heterocycles. The van der Waals surface area contributed by atoms with Gasteiger partial charge in [-0.2, -0.15) is 14.8 Å². The highest BCUT2D eigenvalue weighted by atomic mass is 16.4. The number of phenols is 1. The zero-order chi connectivity index (χ0) is 31.9. The number of carbonyl (C=O) groups excluding carboxylic acids is 1. The molecule has 0 saturated carbocycles. The largest absolute Gasteiger partial charge is 0.505 e. The maximum Gasteiger partial charge on any atom is 0.324 e. The van der Waals surface area contributed by atoms with Crippen LogP contribution in [0.4, 0.5) is 22.9 Å². The summed E-state index contributed by atoms with van der Waals surface area (Å²) in [6.07, 6.45) is 1.33. The van der Waals surface area contributed by atoms with E-state index in [1.807, 2.05) is 42.5 Å². The Labute approximate surface area is 265 Å². The van der Waals surface area contributed by atoms with Gasteiger partial charge in [0.2, 0.25) is 5.89 Å². The minimum Gasteiger partial charge on any atom is -0.505 e. The highest BCUT2D eigenvalue weighted by Gasteiger charge is 2.22. The molecule has 0 atom stereocenters. The first kappa shape index (κ1) is 27.4. The average Bonchev–Trinajstić information content (AvgIpc) is 3.84. The average molecular weight is 617 g/mol. The second kappa shape index (κ2) is 11.1. The van der Waals surface area contributed by atoms with E-state index in [2.05, 4.69) is 35.5 Å². The van der Waals surface area contributed by atoms with Gasteiger partial charge in [-0.3, -0.25) is 4.79 Å². The van der Waals surface area contributed by atoms with Crippen LogP contribution in [0.2, 0.25) is 0 Å². The third kappa shape index (κ3) is 4.90. The van der Waals surface area contributed by atoms with Gasteiger partial charge < -0.3 is 19.3 Å². The van der Waals surface area contributed by atoms with Crippen LogP contribution in [-0.2, 0) is 0 Å². The lowest BCUT2D eigenvalue weighted by molar-refractivity contribution is 0.102. The lowest BCUT2D eigenvalue weighted by Crippen LogP contribution is -2.11. The Balaban J connectivity index is 1.28. The Kier molecular flexibility index (Phi) is 6.48. The number of azo groups is 1. The number of aromatic nitrogens is 4. The van der Waals surface area contributed by atoms with E-state index in [0.29, 0.717) is 44.2 Å². The number of nitrogens with one attached hydrogen (secondary N) is 1. The number of nitrogens with zero attached hydrogens (tertiary/aromatic N) is 7. The van der Waals surface area contributed by atoms with Gasteiger partial charge in [0.1, 0.15) is 16.7 Å². The number of anilines is 1. The fourth-order valence-corrected chi connectivity index (χ4v) is 5.19. The van der Waals surface area contributed by atoms with Crippen LogP contribution in [-0.4, -0.2) is 30.8 Å². The number of carbonyl (C=O) groups is 1. The molecule has 0 aliphatic carbocycles. The van der Waals surface area contributed by atoms with Crippen LogP contribution in [0, 0.1) is 6.57 Å². The van der Waals surface area contributed by atoms with Gasteiger partial charge in [-0.25, -0.2) is 9.83 Å². The Bertz CT molecular complexity index is 2490. The van der Waals surface area contributed by atoms with E-state index in [-0.39, 0.29) is 46.3 Å². The van der Waals surface area contributed by atoms with E-state index >= 15 is 0 Å². The molecule has 0 aliphatic rings. The van der Waals surface area contributed by atoms with Crippen molar-refractivity contribution in [2.45, 2.75) is 0 Å². The Hall–Kier alpha value is -7.13. The lowest BCUT2D eigenvalue weighted by atomic mass is 10.0.